The fourth-order valence-electron chi connectivity index (χ4n) is 2.24. The summed E-state index contributed by atoms with van der Waals surface area (Å²) in [4.78, 5) is 24.1. The van der Waals surface area contributed by atoms with Gasteiger partial charge in [-0.1, -0.05) is 37.3 Å². The van der Waals surface area contributed by atoms with Crippen LogP contribution in [-0.2, 0) is 9.53 Å². The number of hydrogen-bond donors (Lipinski definition) is 1. The van der Waals surface area contributed by atoms with Crippen LogP contribution in [0.3, 0.4) is 0 Å². The zero-order valence-corrected chi connectivity index (χ0v) is 13.0. The van der Waals surface area contributed by atoms with Crippen LogP contribution in [0.15, 0.2) is 48.0 Å². The highest BCUT2D eigenvalue weighted by molar-refractivity contribution is 6.09. The molecule has 0 heterocycles. The molecule has 114 valence electrons. The van der Waals surface area contributed by atoms with E-state index in [9.17, 15) is 9.59 Å². The number of benzene rings is 2. The molecule has 0 unspecified atom stereocenters. The van der Waals surface area contributed by atoms with E-state index in [2.05, 4.69) is 5.32 Å². The van der Waals surface area contributed by atoms with E-state index in [0.717, 1.165) is 17.2 Å². The van der Waals surface area contributed by atoms with E-state index in [4.69, 9.17) is 4.74 Å². The summed E-state index contributed by atoms with van der Waals surface area (Å²) in [5, 5.41) is 4.66. The fourth-order valence-corrected chi connectivity index (χ4v) is 2.24. The lowest BCUT2D eigenvalue weighted by Gasteiger charge is -2.12. The number of rotatable bonds is 4. The molecular weight excluding hydrogens is 278 g/mol. The van der Waals surface area contributed by atoms with Crippen molar-refractivity contribution < 1.29 is 14.3 Å². The minimum Gasteiger partial charge on any atom is -0.465 e. The standard InChI is InChI=1S/C18H19NO3/c1-4-7-12(2)17(20)19-16-11-14-9-6-5-8-13(14)10-15(16)18(21)22-3/h5-11H,4H2,1-3H3,(H,19,20). The first kappa shape index (κ1) is 15.8. The molecule has 0 atom stereocenters. The van der Waals surface area contributed by atoms with Crippen molar-refractivity contribution in [2.24, 2.45) is 0 Å². The van der Waals surface area contributed by atoms with Crippen molar-refractivity contribution in [2.45, 2.75) is 20.3 Å². The number of esters is 1. The maximum Gasteiger partial charge on any atom is 0.339 e. The molecule has 22 heavy (non-hydrogen) atoms. The molecule has 2 aromatic rings. The van der Waals surface area contributed by atoms with Gasteiger partial charge in [-0.15, -0.1) is 0 Å². The number of carbonyl (C=O) groups is 2. The summed E-state index contributed by atoms with van der Waals surface area (Å²) in [6, 6.07) is 11.2. The van der Waals surface area contributed by atoms with Crippen LogP contribution in [0.1, 0.15) is 30.6 Å². The Morgan fingerprint density at radius 1 is 1.18 bits per heavy atom. The van der Waals surface area contributed by atoms with Crippen LogP contribution in [0, 0.1) is 0 Å². The zero-order chi connectivity index (χ0) is 16.1. The minimum absolute atomic E-state index is 0.220. The highest BCUT2D eigenvalue weighted by atomic mass is 16.5. The number of carbonyl (C=O) groups excluding carboxylic acids is 2. The van der Waals surface area contributed by atoms with E-state index in [1.165, 1.54) is 7.11 Å². The van der Waals surface area contributed by atoms with Gasteiger partial charge in [0.05, 0.1) is 18.4 Å². The van der Waals surface area contributed by atoms with Crippen LogP contribution in [0.4, 0.5) is 5.69 Å². The maximum absolute atomic E-state index is 12.2. The topological polar surface area (TPSA) is 55.4 Å². The van der Waals surface area contributed by atoms with Gasteiger partial charge in [-0.25, -0.2) is 4.79 Å². The molecule has 0 aromatic heterocycles. The number of nitrogens with one attached hydrogen (secondary N) is 1. The minimum atomic E-state index is -0.474. The van der Waals surface area contributed by atoms with Gasteiger partial charge in [-0.05, 0) is 36.2 Å². The molecule has 0 saturated carbocycles. The molecule has 2 aromatic carbocycles. The Hall–Kier alpha value is -2.62. The van der Waals surface area contributed by atoms with Crippen LogP contribution in [-0.4, -0.2) is 19.0 Å². The van der Waals surface area contributed by atoms with E-state index in [0.29, 0.717) is 16.8 Å². The number of anilines is 1. The van der Waals surface area contributed by atoms with E-state index >= 15 is 0 Å². The summed E-state index contributed by atoms with van der Waals surface area (Å²) in [7, 11) is 1.32. The van der Waals surface area contributed by atoms with Gasteiger partial charge in [0.1, 0.15) is 0 Å². The van der Waals surface area contributed by atoms with E-state index < -0.39 is 5.97 Å². The second-order valence-corrected chi connectivity index (χ2v) is 4.99. The summed E-state index contributed by atoms with van der Waals surface area (Å²) < 4.78 is 4.81. The first-order valence-electron chi connectivity index (χ1n) is 7.16. The lowest BCUT2D eigenvalue weighted by Crippen LogP contribution is -2.16. The van der Waals surface area contributed by atoms with E-state index in [1.54, 1.807) is 19.1 Å². The Bertz CT molecular complexity index is 747. The average Bonchev–Trinajstić information content (AvgIpc) is 2.53. The Kier molecular flexibility index (Phi) is 4.94. The number of fused-ring (bicyclic) bond motifs is 1. The third-order valence-corrected chi connectivity index (χ3v) is 3.41. The molecule has 0 fully saturated rings. The molecule has 0 spiro atoms. The number of hydrogen-bond acceptors (Lipinski definition) is 3. The molecular formula is C18H19NO3. The normalized spacial score (nSPS) is 11.3. The lowest BCUT2D eigenvalue weighted by atomic mass is 10.0. The van der Waals surface area contributed by atoms with Gasteiger partial charge in [0, 0.05) is 5.57 Å². The fraction of sp³-hybridized carbons (Fsp3) is 0.222. The van der Waals surface area contributed by atoms with Crippen LogP contribution in [0.25, 0.3) is 10.8 Å². The quantitative estimate of drug-likeness (QED) is 0.687. The van der Waals surface area contributed by atoms with Crippen molar-refractivity contribution in [2.75, 3.05) is 12.4 Å². The van der Waals surface area contributed by atoms with Crippen molar-refractivity contribution in [1.82, 2.24) is 0 Å². The monoisotopic (exact) mass is 297 g/mol. The van der Waals surface area contributed by atoms with Crippen molar-refractivity contribution in [3.63, 3.8) is 0 Å². The molecule has 0 aliphatic rings. The van der Waals surface area contributed by atoms with Crippen LogP contribution >= 0.6 is 0 Å². The largest absolute Gasteiger partial charge is 0.465 e. The van der Waals surface area contributed by atoms with E-state index in [-0.39, 0.29) is 5.91 Å². The third-order valence-electron chi connectivity index (χ3n) is 3.41. The number of methoxy groups -OCH3 is 1. The predicted molar refractivity (Wildman–Crippen MR) is 88.0 cm³/mol. The predicted octanol–water partition coefficient (Wildman–Crippen LogP) is 3.92. The van der Waals surface area contributed by atoms with Gasteiger partial charge in [0.15, 0.2) is 0 Å². The Morgan fingerprint density at radius 3 is 2.41 bits per heavy atom. The van der Waals surface area contributed by atoms with Gasteiger partial charge >= 0.3 is 5.97 Å². The Labute approximate surface area is 129 Å². The SMILES string of the molecule is CCC=C(C)C(=O)Nc1cc2ccccc2cc1C(=O)OC. The molecule has 2 rings (SSSR count). The summed E-state index contributed by atoms with van der Waals surface area (Å²) in [5.74, 6) is -0.694. The molecule has 0 aliphatic carbocycles. The molecule has 0 aliphatic heterocycles. The maximum atomic E-state index is 12.2. The first-order valence-corrected chi connectivity index (χ1v) is 7.16. The summed E-state index contributed by atoms with van der Waals surface area (Å²) in [6.45, 7) is 3.71. The van der Waals surface area contributed by atoms with Gasteiger partial charge < -0.3 is 10.1 Å². The number of ether oxygens (including phenoxy) is 1. The van der Waals surface area contributed by atoms with Gasteiger partial charge in [-0.3, -0.25) is 4.79 Å². The van der Waals surface area contributed by atoms with Crippen molar-refractivity contribution in [3.05, 3.63) is 53.6 Å². The van der Waals surface area contributed by atoms with Crippen molar-refractivity contribution >= 4 is 28.3 Å². The van der Waals surface area contributed by atoms with Crippen LogP contribution in [0.2, 0.25) is 0 Å². The summed E-state index contributed by atoms with van der Waals surface area (Å²) in [5.41, 5.74) is 1.42. The lowest BCUT2D eigenvalue weighted by molar-refractivity contribution is -0.112. The zero-order valence-electron chi connectivity index (χ0n) is 13.0. The molecule has 4 nitrogen and oxygen atoms in total. The van der Waals surface area contributed by atoms with Gasteiger partial charge in [0.25, 0.3) is 5.91 Å². The second-order valence-electron chi connectivity index (χ2n) is 4.99. The van der Waals surface area contributed by atoms with Gasteiger partial charge in [0.2, 0.25) is 0 Å². The smallest absolute Gasteiger partial charge is 0.339 e. The van der Waals surface area contributed by atoms with Crippen LogP contribution in [0.5, 0.6) is 0 Å². The Morgan fingerprint density at radius 2 is 1.82 bits per heavy atom. The molecule has 0 radical (unpaired) electrons. The molecule has 0 saturated heterocycles. The highest BCUT2D eigenvalue weighted by Crippen LogP contribution is 2.25. The van der Waals surface area contributed by atoms with Crippen LogP contribution < -0.4 is 5.32 Å². The Balaban J connectivity index is 2.48. The van der Waals surface area contributed by atoms with Gasteiger partial charge in [-0.2, -0.15) is 0 Å². The summed E-state index contributed by atoms with van der Waals surface area (Å²) >= 11 is 0. The third kappa shape index (κ3) is 3.34. The molecule has 1 amide bonds. The summed E-state index contributed by atoms with van der Waals surface area (Å²) in [6.07, 6.45) is 2.62. The number of amides is 1. The second kappa shape index (κ2) is 6.89. The average molecular weight is 297 g/mol. The number of allylic oxidation sites excluding steroid dienone is 1. The van der Waals surface area contributed by atoms with Crippen molar-refractivity contribution in [1.29, 1.82) is 0 Å². The first-order chi connectivity index (χ1) is 10.6. The van der Waals surface area contributed by atoms with Crippen molar-refractivity contribution in [3.8, 4) is 0 Å². The van der Waals surface area contributed by atoms with E-state index in [1.807, 2.05) is 37.3 Å². The highest BCUT2D eigenvalue weighted by Gasteiger charge is 2.15. The molecule has 4 heteroatoms. The molecule has 0 bridgehead atoms. The molecule has 1 N–H and O–H groups in total.